The van der Waals surface area contributed by atoms with Gasteiger partial charge in [-0.15, -0.1) is 0 Å². The first-order valence-corrected chi connectivity index (χ1v) is 8.67. The molecule has 0 unspecified atom stereocenters. The average Bonchev–Trinajstić information content (AvgIpc) is 3.23. The number of hydrogen-bond donors (Lipinski definition) is 1. The predicted octanol–water partition coefficient (Wildman–Crippen LogP) is 3.35. The van der Waals surface area contributed by atoms with Crippen molar-refractivity contribution in [2.24, 2.45) is 11.8 Å². The van der Waals surface area contributed by atoms with Crippen LogP contribution in [0, 0.1) is 11.8 Å². The Kier molecular flexibility index (Phi) is 4.66. The smallest absolute Gasteiger partial charge is 0.207 e. The summed E-state index contributed by atoms with van der Waals surface area (Å²) in [5.74, 6) is 0.797. The van der Waals surface area contributed by atoms with Crippen LogP contribution in [0.3, 0.4) is 0 Å². The second kappa shape index (κ2) is 6.10. The summed E-state index contributed by atoms with van der Waals surface area (Å²) in [7, 11) is -3.44. The zero-order valence-corrected chi connectivity index (χ0v) is 13.2. The number of sulfonamides is 1. The molecule has 20 heavy (non-hydrogen) atoms. The molecule has 2 rings (SSSR count). The van der Waals surface area contributed by atoms with Gasteiger partial charge in [0.2, 0.25) is 10.0 Å². The Morgan fingerprint density at radius 2 is 1.85 bits per heavy atom. The second-order valence-electron chi connectivity index (χ2n) is 5.69. The van der Waals surface area contributed by atoms with Gasteiger partial charge in [-0.2, -0.15) is 0 Å². The average molecular weight is 293 g/mol. The summed E-state index contributed by atoms with van der Waals surface area (Å²) in [6, 6.07) is 8.53. The van der Waals surface area contributed by atoms with E-state index in [0.29, 0.717) is 16.7 Å². The largest absolute Gasteiger partial charge is 0.241 e. The quantitative estimate of drug-likeness (QED) is 0.818. The Morgan fingerprint density at radius 1 is 1.25 bits per heavy atom. The molecule has 1 aliphatic carbocycles. The normalized spacial score (nSPS) is 18.3. The van der Waals surface area contributed by atoms with Crippen LogP contribution in [-0.4, -0.2) is 14.5 Å². The van der Waals surface area contributed by atoms with Gasteiger partial charge in [0, 0.05) is 6.04 Å². The maximum Gasteiger partial charge on any atom is 0.241 e. The lowest BCUT2D eigenvalue weighted by Gasteiger charge is -2.24. The third-order valence-corrected chi connectivity index (χ3v) is 5.25. The van der Waals surface area contributed by atoms with Crippen LogP contribution in [0.25, 0.3) is 0 Å². The van der Waals surface area contributed by atoms with Crippen LogP contribution in [0.2, 0.25) is 0 Å². The van der Waals surface area contributed by atoms with Crippen LogP contribution < -0.4 is 4.72 Å². The summed E-state index contributed by atoms with van der Waals surface area (Å²) in [5, 5.41) is 0. The molecule has 110 valence electrons. The number of allylic oxidation sites excluding steroid dienone is 1. The number of benzene rings is 1. The van der Waals surface area contributed by atoms with E-state index in [0.717, 1.165) is 12.8 Å². The van der Waals surface area contributed by atoms with Crippen LogP contribution in [-0.2, 0) is 10.0 Å². The zero-order chi connectivity index (χ0) is 14.8. The highest BCUT2D eigenvalue weighted by atomic mass is 32.2. The molecule has 0 bridgehead atoms. The van der Waals surface area contributed by atoms with Crippen molar-refractivity contribution in [1.82, 2.24) is 4.72 Å². The molecule has 1 aromatic carbocycles. The monoisotopic (exact) mass is 293 g/mol. The van der Waals surface area contributed by atoms with Crippen molar-refractivity contribution in [1.29, 1.82) is 0 Å². The summed E-state index contributed by atoms with van der Waals surface area (Å²) in [4.78, 5) is 0.338. The maximum atomic E-state index is 12.5. The minimum absolute atomic E-state index is 0.0646. The van der Waals surface area contributed by atoms with Gasteiger partial charge in [-0.3, -0.25) is 0 Å². The number of rotatable bonds is 6. The van der Waals surface area contributed by atoms with E-state index in [1.54, 1.807) is 24.3 Å². The van der Waals surface area contributed by atoms with E-state index in [1.807, 2.05) is 13.0 Å². The first-order valence-electron chi connectivity index (χ1n) is 7.19. The van der Waals surface area contributed by atoms with E-state index in [-0.39, 0.29) is 6.04 Å². The first kappa shape index (κ1) is 15.3. The maximum absolute atomic E-state index is 12.5. The Balaban J connectivity index is 2.25. The first-order chi connectivity index (χ1) is 9.45. The summed E-state index contributed by atoms with van der Waals surface area (Å²) < 4.78 is 27.9. The molecule has 1 N–H and O–H groups in total. The van der Waals surface area contributed by atoms with Crippen molar-refractivity contribution in [3.8, 4) is 0 Å². The summed E-state index contributed by atoms with van der Waals surface area (Å²) in [6.07, 6.45) is 4.26. The van der Waals surface area contributed by atoms with Crippen LogP contribution in [0.1, 0.15) is 33.6 Å². The molecule has 0 aromatic heterocycles. The fourth-order valence-corrected chi connectivity index (χ4v) is 3.89. The molecule has 3 nitrogen and oxygen atoms in total. The lowest BCUT2D eigenvalue weighted by atomic mass is 9.93. The van der Waals surface area contributed by atoms with Gasteiger partial charge in [0.25, 0.3) is 0 Å². The Bertz CT molecular complexity index is 572. The lowest BCUT2D eigenvalue weighted by Crippen LogP contribution is -2.39. The van der Waals surface area contributed by atoms with Gasteiger partial charge in [0.05, 0.1) is 4.90 Å². The fraction of sp³-hybridized carbons (Fsp3) is 0.500. The Hall–Kier alpha value is -1.13. The minimum atomic E-state index is -3.44. The lowest BCUT2D eigenvalue weighted by molar-refractivity contribution is 0.521. The van der Waals surface area contributed by atoms with E-state index in [4.69, 9.17) is 0 Å². The third kappa shape index (κ3) is 3.49. The van der Waals surface area contributed by atoms with E-state index < -0.39 is 10.0 Å². The van der Waals surface area contributed by atoms with Gasteiger partial charge in [-0.1, -0.05) is 43.7 Å². The third-order valence-electron chi connectivity index (χ3n) is 3.79. The summed E-state index contributed by atoms with van der Waals surface area (Å²) in [5.41, 5.74) is 1.19. The van der Waals surface area contributed by atoms with Gasteiger partial charge >= 0.3 is 0 Å². The molecule has 0 amide bonds. The van der Waals surface area contributed by atoms with E-state index in [9.17, 15) is 8.42 Å². The van der Waals surface area contributed by atoms with Crippen molar-refractivity contribution in [3.63, 3.8) is 0 Å². The molecule has 0 radical (unpaired) electrons. The topological polar surface area (TPSA) is 46.2 Å². The molecule has 1 fully saturated rings. The molecule has 1 aromatic rings. The standard InChI is InChI=1S/C16H23NO2S/c1-4-15(12(2)3)16(13-10-11-13)17-20(18,19)14-8-6-5-7-9-14/h4-9,12-13,16-17H,10-11H2,1-3H3/b15-4+/t16-/m1/s1. The molecule has 0 heterocycles. The molecule has 1 atom stereocenters. The van der Waals surface area contributed by atoms with Crippen LogP contribution in [0.4, 0.5) is 0 Å². The highest BCUT2D eigenvalue weighted by Gasteiger charge is 2.36. The molecule has 1 aliphatic rings. The van der Waals surface area contributed by atoms with Gasteiger partial charge in [0.1, 0.15) is 0 Å². The van der Waals surface area contributed by atoms with Gasteiger partial charge in [-0.25, -0.2) is 13.1 Å². The summed E-state index contributed by atoms with van der Waals surface area (Å²) in [6.45, 7) is 6.21. The highest BCUT2D eigenvalue weighted by molar-refractivity contribution is 7.89. The van der Waals surface area contributed by atoms with Crippen LogP contribution in [0.15, 0.2) is 46.9 Å². The molecule has 0 aliphatic heterocycles. The van der Waals surface area contributed by atoms with Crippen molar-refractivity contribution in [3.05, 3.63) is 42.0 Å². The number of hydrogen-bond acceptors (Lipinski definition) is 2. The highest BCUT2D eigenvalue weighted by Crippen LogP contribution is 2.38. The molecular formula is C16H23NO2S. The summed E-state index contributed by atoms with van der Waals surface area (Å²) >= 11 is 0. The molecule has 4 heteroatoms. The zero-order valence-electron chi connectivity index (χ0n) is 12.3. The molecule has 1 saturated carbocycles. The Morgan fingerprint density at radius 3 is 2.30 bits per heavy atom. The van der Waals surface area contributed by atoms with E-state index in [1.165, 1.54) is 5.57 Å². The van der Waals surface area contributed by atoms with Crippen LogP contribution in [0.5, 0.6) is 0 Å². The number of nitrogens with one attached hydrogen (secondary N) is 1. The fourth-order valence-electron chi connectivity index (χ4n) is 2.57. The molecule has 0 saturated heterocycles. The van der Waals surface area contributed by atoms with Gasteiger partial charge < -0.3 is 0 Å². The SMILES string of the molecule is C/C=C(\C(C)C)[C@H](NS(=O)(=O)c1ccccc1)C1CC1. The van der Waals surface area contributed by atoms with Crippen molar-refractivity contribution < 1.29 is 8.42 Å². The molecular weight excluding hydrogens is 270 g/mol. The van der Waals surface area contributed by atoms with E-state index in [2.05, 4.69) is 24.6 Å². The minimum Gasteiger partial charge on any atom is -0.207 e. The van der Waals surface area contributed by atoms with Crippen LogP contribution >= 0.6 is 0 Å². The second-order valence-corrected chi connectivity index (χ2v) is 7.41. The van der Waals surface area contributed by atoms with E-state index >= 15 is 0 Å². The van der Waals surface area contributed by atoms with Crippen molar-refractivity contribution >= 4 is 10.0 Å². The Labute approximate surface area is 122 Å². The van der Waals surface area contributed by atoms with Crippen molar-refractivity contribution in [2.75, 3.05) is 0 Å². The van der Waals surface area contributed by atoms with Gasteiger partial charge in [0.15, 0.2) is 0 Å². The molecule has 0 spiro atoms. The predicted molar refractivity (Wildman–Crippen MR) is 81.9 cm³/mol. The van der Waals surface area contributed by atoms with Gasteiger partial charge in [-0.05, 0) is 43.7 Å². The van der Waals surface area contributed by atoms with Crippen molar-refractivity contribution in [2.45, 2.75) is 44.6 Å².